The Morgan fingerprint density at radius 2 is 1.81 bits per heavy atom. The molecule has 2 aliphatic heterocycles. The van der Waals surface area contributed by atoms with Crippen LogP contribution in [0.5, 0.6) is 0 Å². The van der Waals surface area contributed by atoms with Gasteiger partial charge in [0.05, 0.1) is 12.1 Å². The van der Waals surface area contributed by atoms with Gasteiger partial charge in [0.15, 0.2) is 0 Å². The van der Waals surface area contributed by atoms with Gasteiger partial charge in [0, 0.05) is 33.0 Å². The Balaban J connectivity index is 2.15. The van der Waals surface area contributed by atoms with Crippen LogP contribution in [-0.2, 0) is 14.3 Å². The van der Waals surface area contributed by atoms with E-state index in [9.17, 15) is 9.59 Å². The van der Waals surface area contributed by atoms with Crippen molar-refractivity contribution in [1.82, 2.24) is 10.2 Å². The fourth-order valence-electron chi connectivity index (χ4n) is 2.44. The highest BCUT2D eigenvalue weighted by atomic mass is 16.5. The molecule has 2 aliphatic rings. The number of methoxy groups -OCH3 is 1. The summed E-state index contributed by atoms with van der Waals surface area (Å²) >= 11 is 0. The maximum absolute atomic E-state index is 11.9. The molecule has 2 fully saturated rings. The van der Waals surface area contributed by atoms with Crippen LogP contribution in [-0.4, -0.2) is 49.1 Å². The zero-order chi connectivity index (χ0) is 11.5. The number of hydrogen-bond donors (Lipinski definition) is 1. The third-order valence-corrected chi connectivity index (χ3v) is 3.33. The van der Waals surface area contributed by atoms with Crippen molar-refractivity contribution in [2.45, 2.75) is 37.8 Å². The largest absolute Gasteiger partial charge is 0.378 e. The number of carbonyl (C=O) groups is 2. The Kier molecular flexibility index (Phi) is 3.56. The van der Waals surface area contributed by atoms with E-state index in [4.69, 9.17) is 4.74 Å². The number of ether oxygens (including phenoxy) is 1. The maximum atomic E-state index is 11.9. The molecular formula is C11H18N2O3. The first kappa shape index (κ1) is 11.5. The number of amides is 2. The molecule has 0 saturated carbocycles. The van der Waals surface area contributed by atoms with Crippen LogP contribution in [0.25, 0.3) is 0 Å². The van der Waals surface area contributed by atoms with Crippen molar-refractivity contribution in [2.75, 3.05) is 20.2 Å². The van der Waals surface area contributed by atoms with E-state index >= 15 is 0 Å². The summed E-state index contributed by atoms with van der Waals surface area (Å²) in [6.07, 6.45) is 2.54. The van der Waals surface area contributed by atoms with Crippen molar-refractivity contribution in [3.05, 3.63) is 0 Å². The maximum Gasteiger partial charge on any atom is 0.229 e. The van der Waals surface area contributed by atoms with Gasteiger partial charge in [0.25, 0.3) is 0 Å². The molecule has 0 radical (unpaired) electrons. The third kappa shape index (κ3) is 2.10. The van der Waals surface area contributed by atoms with Crippen LogP contribution in [0.1, 0.15) is 25.7 Å². The van der Waals surface area contributed by atoms with E-state index in [2.05, 4.69) is 5.32 Å². The molecule has 0 spiro atoms. The summed E-state index contributed by atoms with van der Waals surface area (Å²) in [5.41, 5.74) is 0. The quantitative estimate of drug-likeness (QED) is 0.668. The van der Waals surface area contributed by atoms with Crippen molar-refractivity contribution >= 4 is 11.8 Å². The van der Waals surface area contributed by atoms with Gasteiger partial charge in [-0.2, -0.15) is 0 Å². The molecule has 1 unspecified atom stereocenters. The SMILES string of the molecule is CO[C@H]1CNCC1N1C(=O)CCCCC1=O. The molecule has 5 nitrogen and oxygen atoms in total. The highest BCUT2D eigenvalue weighted by Crippen LogP contribution is 2.20. The van der Waals surface area contributed by atoms with Crippen LogP contribution in [0.3, 0.4) is 0 Å². The summed E-state index contributed by atoms with van der Waals surface area (Å²) in [7, 11) is 1.62. The second-order valence-electron chi connectivity index (χ2n) is 4.36. The second-order valence-corrected chi connectivity index (χ2v) is 4.36. The first-order valence-electron chi connectivity index (χ1n) is 5.82. The summed E-state index contributed by atoms with van der Waals surface area (Å²) in [6.45, 7) is 1.36. The van der Waals surface area contributed by atoms with Crippen molar-refractivity contribution in [1.29, 1.82) is 0 Å². The van der Waals surface area contributed by atoms with Crippen LogP contribution >= 0.6 is 0 Å². The topological polar surface area (TPSA) is 58.6 Å². The minimum absolute atomic E-state index is 0.0433. The van der Waals surface area contributed by atoms with Crippen LogP contribution in [0.15, 0.2) is 0 Å². The number of nitrogens with zero attached hydrogens (tertiary/aromatic N) is 1. The number of imide groups is 1. The molecule has 90 valence electrons. The summed E-state index contributed by atoms with van der Waals surface area (Å²) in [6, 6.07) is -0.122. The van der Waals surface area contributed by atoms with Crippen molar-refractivity contribution < 1.29 is 14.3 Å². The van der Waals surface area contributed by atoms with Gasteiger partial charge >= 0.3 is 0 Å². The molecule has 0 aromatic heterocycles. The van der Waals surface area contributed by atoms with Crippen molar-refractivity contribution in [3.63, 3.8) is 0 Å². The average Bonchev–Trinajstić information content (AvgIpc) is 2.66. The fourth-order valence-corrected chi connectivity index (χ4v) is 2.44. The number of nitrogens with one attached hydrogen (secondary N) is 1. The zero-order valence-corrected chi connectivity index (χ0v) is 9.57. The van der Waals surface area contributed by atoms with Crippen LogP contribution in [0, 0.1) is 0 Å². The Morgan fingerprint density at radius 1 is 1.19 bits per heavy atom. The van der Waals surface area contributed by atoms with Crippen molar-refractivity contribution in [3.8, 4) is 0 Å². The Bertz CT molecular complexity index is 275. The van der Waals surface area contributed by atoms with E-state index < -0.39 is 0 Å². The molecule has 2 saturated heterocycles. The lowest BCUT2D eigenvalue weighted by Crippen LogP contribution is -2.49. The zero-order valence-electron chi connectivity index (χ0n) is 9.57. The molecule has 0 bridgehead atoms. The Labute approximate surface area is 95.1 Å². The van der Waals surface area contributed by atoms with Gasteiger partial charge in [-0.05, 0) is 12.8 Å². The lowest BCUT2D eigenvalue weighted by atomic mass is 10.1. The number of hydrogen-bond acceptors (Lipinski definition) is 4. The van der Waals surface area contributed by atoms with Crippen LogP contribution in [0.2, 0.25) is 0 Å². The van der Waals surface area contributed by atoms with E-state index in [0.717, 1.165) is 12.8 Å². The standard InChI is InChI=1S/C11H18N2O3/c1-16-9-7-12-6-8(9)13-10(14)4-2-3-5-11(13)15/h8-9,12H,2-7H2,1H3/t8?,9-/m0/s1. The average molecular weight is 226 g/mol. The number of likely N-dealkylation sites (tertiary alicyclic amines) is 1. The minimum Gasteiger partial charge on any atom is -0.378 e. The molecule has 5 heteroatoms. The first-order valence-corrected chi connectivity index (χ1v) is 5.82. The van der Waals surface area contributed by atoms with Gasteiger partial charge in [0.1, 0.15) is 0 Å². The highest BCUT2D eigenvalue weighted by Gasteiger charge is 2.38. The monoisotopic (exact) mass is 226 g/mol. The summed E-state index contributed by atoms with van der Waals surface area (Å²) in [5.74, 6) is -0.0866. The van der Waals surface area contributed by atoms with Gasteiger partial charge in [-0.15, -0.1) is 0 Å². The predicted octanol–water partition coefficient (Wildman–Crippen LogP) is -0.0976. The van der Waals surface area contributed by atoms with Gasteiger partial charge in [-0.1, -0.05) is 0 Å². The van der Waals surface area contributed by atoms with Gasteiger partial charge in [0.2, 0.25) is 11.8 Å². The molecule has 2 rings (SSSR count). The molecule has 0 aromatic carbocycles. The first-order chi connectivity index (χ1) is 7.74. The van der Waals surface area contributed by atoms with E-state index in [-0.39, 0.29) is 24.0 Å². The van der Waals surface area contributed by atoms with E-state index in [1.807, 2.05) is 0 Å². The van der Waals surface area contributed by atoms with Crippen LogP contribution in [0.4, 0.5) is 0 Å². The predicted molar refractivity (Wildman–Crippen MR) is 57.8 cm³/mol. The number of carbonyl (C=O) groups excluding carboxylic acids is 2. The van der Waals surface area contributed by atoms with Gasteiger partial charge in [-0.25, -0.2) is 0 Å². The van der Waals surface area contributed by atoms with E-state index in [1.165, 1.54) is 4.90 Å². The number of rotatable bonds is 2. The second kappa shape index (κ2) is 4.93. The molecule has 2 heterocycles. The Morgan fingerprint density at radius 3 is 2.38 bits per heavy atom. The summed E-state index contributed by atoms with van der Waals surface area (Å²) in [4.78, 5) is 25.2. The van der Waals surface area contributed by atoms with Gasteiger partial charge in [-0.3, -0.25) is 14.5 Å². The molecule has 2 amide bonds. The van der Waals surface area contributed by atoms with E-state index in [0.29, 0.717) is 25.9 Å². The Hall–Kier alpha value is -0.940. The van der Waals surface area contributed by atoms with Crippen molar-refractivity contribution in [2.24, 2.45) is 0 Å². The molecule has 0 aromatic rings. The fraction of sp³-hybridized carbons (Fsp3) is 0.818. The molecule has 16 heavy (non-hydrogen) atoms. The highest BCUT2D eigenvalue weighted by molar-refractivity contribution is 5.96. The molecule has 2 atom stereocenters. The lowest BCUT2D eigenvalue weighted by molar-refractivity contribution is -0.148. The van der Waals surface area contributed by atoms with E-state index in [1.54, 1.807) is 7.11 Å². The smallest absolute Gasteiger partial charge is 0.229 e. The molecular weight excluding hydrogens is 208 g/mol. The molecule has 0 aliphatic carbocycles. The summed E-state index contributed by atoms with van der Waals surface area (Å²) < 4.78 is 5.31. The lowest BCUT2D eigenvalue weighted by Gasteiger charge is -2.29. The minimum atomic E-state index is -0.122. The molecule has 1 N–H and O–H groups in total. The van der Waals surface area contributed by atoms with Gasteiger partial charge < -0.3 is 10.1 Å². The van der Waals surface area contributed by atoms with Crippen LogP contribution < -0.4 is 5.32 Å². The normalized spacial score (nSPS) is 31.9. The third-order valence-electron chi connectivity index (χ3n) is 3.33. The summed E-state index contributed by atoms with van der Waals surface area (Å²) in [5, 5.41) is 3.16.